The minimum absolute atomic E-state index is 0.386. The van der Waals surface area contributed by atoms with Crippen LogP contribution in [0.2, 0.25) is 0 Å². The van der Waals surface area contributed by atoms with Crippen LogP contribution in [0.15, 0.2) is 10.2 Å². The lowest BCUT2D eigenvalue weighted by Gasteiger charge is -2.29. The molecule has 0 saturated heterocycles. The van der Waals surface area contributed by atoms with Crippen LogP contribution in [0, 0.1) is 29.1 Å². The fourth-order valence-corrected chi connectivity index (χ4v) is 5.08. The number of hydrogen-bond donors (Lipinski definition) is 0. The van der Waals surface area contributed by atoms with Gasteiger partial charge in [-0.3, -0.25) is 0 Å². The number of nitrogens with zero attached hydrogens (tertiary/aromatic N) is 2. The van der Waals surface area contributed by atoms with Gasteiger partial charge in [0.05, 0.1) is 12.1 Å². The van der Waals surface area contributed by atoms with E-state index in [0.29, 0.717) is 17.5 Å². The molecule has 3 fully saturated rings. The third-order valence-electron chi connectivity index (χ3n) is 5.62. The van der Waals surface area contributed by atoms with Crippen molar-refractivity contribution in [2.45, 2.75) is 45.2 Å². The van der Waals surface area contributed by atoms with E-state index >= 15 is 0 Å². The van der Waals surface area contributed by atoms with E-state index in [-0.39, 0.29) is 0 Å². The molecule has 0 N–H and O–H groups in total. The van der Waals surface area contributed by atoms with Crippen molar-refractivity contribution >= 4 is 0 Å². The fourth-order valence-electron chi connectivity index (χ4n) is 5.08. The molecule has 14 heavy (non-hydrogen) atoms. The molecule has 0 amide bonds. The van der Waals surface area contributed by atoms with Gasteiger partial charge >= 0.3 is 0 Å². The third-order valence-corrected chi connectivity index (χ3v) is 5.62. The van der Waals surface area contributed by atoms with E-state index in [1.807, 2.05) is 0 Å². The van der Waals surface area contributed by atoms with E-state index in [2.05, 4.69) is 24.1 Å². The summed E-state index contributed by atoms with van der Waals surface area (Å²) in [6.45, 7) is 4.78. The molecule has 4 rings (SSSR count). The van der Waals surface area contributed by atoms with E-state index in [1.165, 1.54) is 19.3 Å². The zero-order valence-electron chi connectivity index (χ0n) is 8.98. The molecule has 76 valence electrons. The predicted octanol–water partition coefficient (Wildman–Crippen LogP) is 2.89. The molecule has 0 aromatic carbocycles. The summed E-state index contributed by atoms with van der Waals surface area (Å²) in [7, 11) is 0. The summed E-state index contributed by atoms with van der Waals surface area (Å²) >= 11 is 0. The number of rotatable bonds is 0. The van der Waals surface area contributed by atoms with Crippen LogP contribution in [0.25, 0.3) is 0 Å². The normalized spacial score (nSPS) is 61.0. The molecule has 2 nitrogen and oxygen atoms in total. The molecular weight excluding hydrogens is 172 g/mol. The Morgan fingerprint density at radius 1 is 0.929 bits per heavy atom. The van der Waals surface area contributed by atoms with Crippen LogP contribution in [-0.2, 0) is 0 Å². The van der Waals surface area contributed by atoms with E-state index in [4.69, 9.17) is 0 Å². The van der Waals surface area contributed by atoms with Gasteiger partial charge in [-0.25, -0.2) is 0 Å². The smallest absolute Gasteiger partial charge is 0.0814 e. The highest BCUT2D eigenvalue weighted by Crippen LogP contribution is 2.66. The summed E-state index contributed by atoms with van der Waals surface area (Å²) in [5, 5.41) is 9.09. The van der Waals surface area contributed by atoms with Gasteiger partial charge in [-0.05, 0) is 42.9 Å². The molecule has 0 aromatic heterocycles. The monoisotopic (exact) mass is 190 g/mol. The molecule has 2 heteroatoms. The van der Waals surface area contributed by atoms with Crippen LogP contribution >= 0.6 is 0 Å². The zero-order valence-corrected chi connectivity index (χ0v) is 8.98. The Bertz CT molecular complexity index is 292. The second-order valence-corrected chi connectivity index (χ2v) is 6.43. The first-order valence-corrected chi connectivity index (χ1v) is 6.09. The van der Waals surface area contributed by atoms with Gasteiger partial charge in [0.25, 0.3) is 0 Å². The summed E-state index contributed by atoms with van der Waals surface area (Å²) in [4.78, 5) is 0. The van der Waals surface area contributed by atoms with Crippen LogP contribution < -0.4 is 0 Å². The van der Waals surface area contributed by atoms with Crippen LogP contribution in [-0.4, -0.2) is 12.1 Å². The van der Waals surface area contributed by atoms with Crippen molar-refractivity contribution in [1.82, 2.24) is 0 Å². The number of hydrogen-bond acceptors (Lipinski definition) is 2. The molecule has 6 atom stereocenters. The lowest BCUT2D eigenvalue weighted by molar-refractivity contribution is 0.209. The molecule has 0 radical (unpaired) electrons. The Kier molecular flexibility index (Phi) is 1.16. The van der Waals surface area contributed by atoms with Crippen molar-refractivity contribution in [2.24, 2.45) is 39.3 Å². The second-order valence-electron chi connectivity index (χ2n) is 6.43. The molecule has 4 bridgehead atoms. The molecule has 3 aliphatic carbocycles. The molecular formula is C12H18N2. The quantitative estimate of drug-likeness (QED) is 0.525. The lowest BCUT2D eigenvalue weighted by atomic mass is 9.79. The molecule has 1 heterocycles. The molecule has 4 aliphatic rings. The van der Waals surface area contributed by atoms with Crippen molar-refractivity contribution in [3.05, 3.63) is 0 Å². The average Bonchev–Trinajstić information content (AvgIpc) is 2.84. The van der Waals surface area contributed by atoms with Gasteiger partial charge < -0.3 is 0 Å². The Morgan fingerprint density at radius 3 is 1.93 bits per heavy atom. The zero-order chi connectivity index (χ0) is 9.50. The van der Waals surface area contributed by atoms with Crippen LogP contribution in [0.4, 0.5) is 0 Å². The standard InChI is InChI=1S/C12H18N2/c1-12(2)10-8-6-3-4-7(5-6)9(8)11(12)14-13-10/h6-11H,3-5H2,1-2H3/t6-,7-,8-,9-,10-,11-/m0/s1. The highest BCUT2D eigenvalue weighted by atomic mass is 15.2. The van der Waals surface area contributed by atoms with Crippen molar-refractivity contribution < 1.29 is 0 Å². The first kappa shape index (κ1) is 7.84. The van der Waals surface area contributed by atoms with Crippen molar-refractivity contribution in [3.63, 3.8) is 0 Å². The lowest BCUT2D eigenvalue weighted by Crippen LogP contribution is -2.29. The van der Waals surface area contributed by atoms with E-state index in [9.17, 15) is 0 Å². The van der Waals surface area contributed by atoms with Crippen LogP contribution in [0.1, 0.15) is 33.1 Å². The molecule has 1 aliphatic heterocycles. The fraction of sp³-hybridized carbons (Fsp3) is 1.00. The molecule has 0 aromatic rings. The molecule has 3 saturated carbocycles. The summed E-state index contributed by atoms with van der Waals surface area (Å²) in [6.07, 6.45) is 4.48. The minimum atomic E-state index is 0.386. The maximum Gasteiger partial charge on any atom is 0.0814 e. The summed E-state index contributed by atoms with van der Waals surface area (Å²) in [5.41, 5.74) is 0.386. The highest BCUT2D eigenvalue weighted by Gasteiger charge is 2.67. The van der Waals surface area contributed by atoms with Gasteiger partial charge in [0, 0.05) is 5.41 Å². The minimum Gasteiger partial charge on any atom is -0.190 e. The van der Waals surface area contributed by atoms with Crippen LogP contribution in [0.3, 0.4) is 0 Å². The number of fused-ring (bicyclic) bond motifs is 9. The molecule has 0 unspecified atom stereocenters. The topological polar surface area (TPSA) is 24.7 Å². The maximum absolute atomic E-state index is 4.54. The SMILES string of the molecule is CC1(C)[C@H]2N=N[C@H]1[C@H]1[C@H]3CC[C@@H](C3)[C@@H]12. The van der Waals surface area contributed by atoms with Gasteiger partial charge in [-0.15, -0.1) is 0 Å². The summed E-state index contributed by atoms with van der Waals surface area (Å²) in [5.74, 6) is 3.87. The third kappa shape index (κ3) is 0.627. The second kappa shape index (κ2) is 2.07. The van der Waals surface area contributed by atoms with Gasteiger partial charge in [-0.1, -0.05) is 13.8 Å². The van der Waals surface area contributed by atoms with E-state index in [0.717, 1.165) is 23.7 Å². The van der Waals surface area contributed by atoms with Crippen molar-refractivity contribution in [2.75, 3.05) is 0 Å². The predicted molar refractivity (Wildman–Crippen MR) is 54.0 cm³/mol. The van der Waals surface area contributed by atoms with E-state index < -0.39 is 0 Å². The maximum atomic E-state index is 4.54. The molecule has 0 spiro atoms. The Balaban J connectivity index is 1.83. The first-order valence-electron chi connectivity index (χ1n) is 6.09. The highest BCUT2D eigenvalue weighted by molar-refractivity contribution is 5.19. The summed E-state index contributed by atoms with van der Waals surface area (Å²) < 4.78 is 0. The van der Waals surface area contributed by atoms with Gasteiger partial charge in [0.15, 0.2) is 0 Å². The Morgan fingerprint density at radius 2 is 1.43 bits per heavy atom. The summed E-state index contributed by atoms with van der Waals surface area (Å²) in [6, 6.07) is 1.15. The number of azo groups is 1. The van der Waals surface area contributed by atoms with Gasteiger partial charge in [0.1, 0.15) is 0 Å². The van der Waals surface area contributed by atoms with Crippen molar-refractivity contribution in [1.29, 1.82) is 0 Å². The Labute approximate surface area is 85.2 Å². The van der Waals surface area contributed by atoms with Crippen molar-refractivity contribution in [3.8, 4) is 0 Å². The largest absolute Gasteiger partial charge is 0.190 e. The van der Waals surface area contributed by atoms with Gasteiger partial charge in [-0.2, -0.15) is 10.2 Å². The van der Waals surface area contributed by atoms with Gasteiger partial charge in [0.2, 0.25) is 0 Å². The first-order chi connectivity index (χ1) is 6.69. The Hall–Kier alpha value is -0.400. The van der Waals surface area contributed by atoms with Crippen LogP contribution in [0.5, 0.6) is 0 Å². The average molecular weight is 190 g/mol. The van der Waals surface area contributed by atoms with E-state index in [1.54, 1.807) is 0 Å².